The number of H-pyrrole nitrogens is 2. The van der Waals surface area contributed by atoms with E-state index in [0.29, 0.717) is 31.2 Å². The highest BCUT2D eigenvalue weighted by Crippen LogP contribution is 2.35. The summed E-state index contributed by atoms with van der Waals surface area (Å²) in [6.45, 7) is 2.77. The second-order valence-electron chi connectivity index (χ2n) is 14.5. The molecule has 7 rings (SSSR count). The topological polar surface area (TPSA) is 208 Å². The molecule has 5 aromatic rings. The Morgan fingerprint density at radius 3 is 1.79 bits per heavy atom. The van der Waals surface area contributed by atoms with E-state index < -0.39 is 30.4 Å². The van der Waals surface area contributed by atoms with Crippen molar-refractivity contribution in [3.8, 4) is 33.6 Å². The number of likely N-dealkylation sites (tertiary alicyclic amines) is 2. The van der Waals surface area contributed by atoms with Crippen molar-refractivity contribution in [3.63, 3.8) is 0 Å². The quantitative estimate of drug-likeness (QED) is 0.101. The van der Waals surface area contributed by atoms with Gasteiger partial charge in [0.25, 0.3) is 0 Å². The predicted molar refractivity (Wildman–Crippen MR) is 213 cm³/mol. The van der Waals surface area contributed by atoms with Crippen LogP contribution >= 0.6 is 0 Å². The number of nitrogens with one attached hydrogen (secondary N) is 4. The normalized spacial score (nSPS) is 18.1. The number of carbonyl (C=O) groups is 4. The van der Waals surface area contributed by atoms with Crippen LogP contribution < -0.4 is 10.6 Å². The molecule has 1 unspecified atom stereocenters. The van der Waals surface area contributed by atoms with Crippen molar-refractivity contribution in [1.29, 1.82) is 0 Å². The average Bonchev–Trinajstić information content (AvgIpc) is 4.09. The molecule has 0 spiro atoms. The third-order valence-electron chi connectivity index (χ3n) is 10.9. The molecule has 2 aliphatic heterocycles. The number of aromatic amines is 2. The first-order valence-electron chi connectivity index (χ1n) is 19.3. The van der Waals surface area contributed by atoms with Crippen molar-refractivity contribution in [2.24, 2.45) is 0 Å². The zero-order valence-electron chi connectivity index (χ0n) is 32.6. The maximum absolute atomic E-state index is 13.7. The summed E-state index contributed by atoms with van der Waals surface area (Å²) in [5, 5.41) is 14.5. The van der Waals surface area contributed by atoms with Gasteiger partial charge in [-0.2, -0.15) is 0 Å². The molecule has 0 bridgehead atoms. The molecule has 16 nitrogen and oxygen atoms in total. The van der Waals surface area contributed by atoms with Crippen molar-refractivity contribution in [1.82, 2.24) is 45.4 Å². The first kappa shape index (κ1) is 39.7. The van der Waals surface area contributed by atoms with E-state index in [0.717, 1.165) is 58.5 Å². The lowest BCUT2D eigenvalue weighted by Gasteiger charge is -2.30. The van der Waals surface area contributed by atoms with Gasteiger partial charge in [0, 0.05) is 39.0 Å². The van der Waals surface area contributed by atoms with Crippen molar-refractivity contribution in [2.45, 2.75) is 69.3 Å². The van der Waals surface area contributed by atoms with E-state index in [9.17, 15) is 24.3 Å². The molecular weight excluding hydrogens is 743 g/mol. The van der Waals surface area contributed by atoms with Crippen LogP contribution in [-0.2, 0) is 25.5 Å². The number of rotatable bonds is 13. The molecule has 3 aromatic heterocycles. The Balaban J connectivity index is 0.999. The van der Waals surface area contributed by atoms with Crippen LogP contribution in [0.1, 0.15) is 61.9 Å². The fraction of sp³-hybridized carbons (Fsp3) is 0.357. The van der Waals surface area contributed by atoms with Crippen LogP contribution in [0.15, 0.2) is 85.5 Å². The molecule has 16 heteroatoms. The molecule has 5 N–H and O–H groups in total. The molecule has 0 radical (unpaired) electrons. The predicted octanol–water partition coefficient (Wildman–Crippen LogP) is 5.49. The molecule has 0 aliphatic carbocycles. The van der Waals surface area contributed by atoms with Gasteiger partial charge < -0.3 is 45.0 Å². The van der Waals surface area contributed by atoms with Gasteiger partial charge in [0.15, 0.2) is 0 Å². The Hall–Kier alpha value is -6.55. The van der Waals surface area contributed by atoms with Gasteiger partial charge in [-0.1, -0.05) is 54.6 Å². The molecule has 5 atom stereocenters. The minimum absolute atomic E-state index is 0.198. The minimum Gasteiger partial charge on any atom is -0.465 e. The van der Waals surface area contributed by atoms with Crippen LogP contribution in [0, 0.1) is 0 Å². The van der Waals surface area contributed by atoms with Crippen LogP contribution in [0.4, 0.5) is 9.59 Å². The molecule has 5 heterocycles. The summed E-state index contributed by atoms with van der Waals surface area (Å²) in [6, 6.07) is 17.4. The van der Waals surface area contributed by atoms with Crippen molar-refractivity contribution >= 4 is 24.0 Å². The van der Waals surface area contributed by atoms with Crippen LogP contribution in [0.5, 0.6) is 0 Å². The van der Waals surface area contributed by atoms with Crippen LogP contribution in [-0.4, -0.2) is 109 Å². The number of aromatic nitrogens is 5. The molecule has 4 amide bonds. The monoisotopic (exact) mass is 789 g/mol. The van der Waals surface area contributed by atoms with E-state index in [1.54, 1.807) is 47.6 Å². The second-order valence-corrected chi connectivity index (χ2v) is 14.5. The maximum Gasteiger partial charge on any atom is 0.407 e. The fourth-order valence-corrected chi connectivity index (χ4v) is 7.80. The molecule has 58 heavy (non-hydrogen) atoms. The highest BCUT2D eigenvalue weighted by molar-refractivity contribution is 5.87. The first-order chi connectivity index (χ1) is 28.1. The first-order valence-corrected chi connectivity index (χ1v) is 19.3. The number of ether oxygens (including phenoxy) is 2. The summed E-state index contributed by atoms with van der Waals surface area (Å²) in [5.74, 6) is 0.789. The lowest BCUT2D eigenvalue weighted by Crippen LogP contribution is -2.54. The van der Waals surface area contributed by atoms with E-state index in [2.05, 4.69) is 35.6 Å². The van der Waals surface area contributed by atoms with Crippen LogP contribution in [0.3, 0.4) is 0 Å². The van der Waals surface area contributed by atoms with Gasteiger partial charge in [0.1, 0.15) is 23.7 Å². The Morgan fingerprint density at radius 2 is 1.31 bits per heavy atom. The Labute approximate surface area is 335 Å². The van der Waals surface area contributed by atoms with Gasteiger partial charge in [0.2, 0.25) is 11.8 Å². The average molecular weight is 790 g/mol. The zero-order valence-corrected chi connectivity index (χ0v) is 32.6. The van der Waals surface area contributed by atoms with Gasteiger partial charge in [-0.15, -0.1) is 0 Å². The van der Waals surface area contributed by atoms with Crippen molar-refractivity contribution < 1.29 is 33.8 Å². The number of pyridine rings is 1. The Kier molecular flexibility index (Phi) is 12.1. The van der Waals surface area contributed by atoms with Gasteiger partial charge in [-0.25, -0.2) is 19.6 Å². The number of methoxy groups -OCH3 is 2. The number of carbonyl (C=O) groups excluding carboxylic acids is 3. The van der Waals surface area contributed by atoms with Gasteiger partial charge >= 0.3 is 12.2 Å². The number of carboxylic acid groups (broad SMARTS) is 1. The third kappa shape index (κ3) is 8.71. The number of hydrogen-bond acceptors (Lipinski definition) is 9. The number of alkyl carbamates (subject to hydrolysis) is 1. The van der Waals surface area contributed by atoms with E-state index in [1.807, 2.05) is 54.6 Å². The number of benzene rings is 2. The highest BCUT2D eigenvalue weighted by atomic mass is 16.5. The molecular formula is C42H47N9O7. The third-order valence-corrected chi connectivity index (χ3v) is 10.9. The minimum atomic E-state index is -1.26. The van der Waals surface area contributed by atoms with E-state index in [-0.39, 0.29) is 30.3 Å². The summed E-state index contributed by atoms with van der Waals surface area (Å²) >= 11 is 0. The van der Waals surface area contributed by atoms with Gasteiger partial charge in [0.05, 0.1) is 49.1 Å². The second kappa shape index (κ2) is 17.7. The summed E-state index contributed by atoms with van der Waals surface area (Å²) in [6.07, 6.45) is 7.51. The lowest BCUT2D eigenvalue weighted by atomic mass is 10.0. The summed E-state index contributed by atoms with van der Waals surface area (Å²) in [7, 11) is 2.75. The van der Waals surface area contributed by atoms with Gasteiger partial charge in [-0.05, 0) is 66.5 Å². The summed E-state index contributed by atoms with van der Waals surface area (Å²) in [5.41, 5.74) is 6.34. The van der Waals surface area contributed by atoms with Crippen LogP contribution in [0.2, 0.25) is 0 Å². The highest BCUT2D eigenvalue weighted by Gasteiger charge is 2.39. The number of amides is 4. The van der Waals surface area contributed by atoms with E-state index in [1.165, 1.54) is 14.2 Å². The Morgan fingerprint density at radius 1 is 0.776 bits per heavy atom. The standard InChI is InChI=1S/C42H47N9O7/c1-25(57-2)36(49-42(56)58-3)40(53)51-20-6-9-35(51)38-45-24-33(47-38)30-16-12-28(13-17-30)27-10-14-29(15-11-27)32-23-44-37(46-32)34-8-5-19-50(34)39(52)31(48-41(54)55)21-26-7-4-18-43-22-26/h4,7,10-18,22-25,31,34-36,48H,5-6,8-9,19-21H2,1-3H3,(H,44,46)(H,45,47)(H,49,56)(H,54,55)/t25-,31+,34+,35?,36+/m1/s1. The Bertz CT molecular complexity index is 2210. The molecule has 2 fully saturated rings. The molecule has 302 valence electrons. The molecule has 2 aromatic carbocycles. The van der Waals surface area contributed by atoms with Crippen LogP contribution in [0.25, 0.3) is 33.6 Å². The van der Waals surface area contributed by atoms with Crippen molar-refractivity contribution in [2.75, 3.05) is 27.3 Å². The largest absolute Gasteiger partial charge is 0.465 e. The number of imidazole rings is 2. The molecule has 0 saturated carbocycles. The summed E-state index contributed by atoms with van der Waals surface area (Å²) < 4.78 is 10.1. The molecule has 2 saturated heterocycles. The summed E-state index contributed by atoms with van der Waals surface area (Å²) in [4.78, 5) is 74.6. The maximum atomic E-state index is 13.7. The fourth-order valence-electron chi connectivity index (χ4n) is 7.80. The van der Waals surface area contributed by atoms with Gasteiger partial charge in [-0.3, -0.25) is 14.6 Å². The smallest absolute Gasteiger partial charge is 0.407 e. The van der Waals surface area contributed by atoms with Crippen molar-refractivity contribution in [3.05, 3.63) is 103 Å². The number of nitrogens with zero attached hydrogens (tertiary/aromatic N) is 5. The number of hydrogen-bond donors (Lipinski definition) is 5. The van der Waals surface area contributed by atoms with E-state index in [4.69, 9.17) is 9.47 Å². The molecule has 2 aliphatic rings. The SMILES string of the molecule is COC(=O)N[C@H](C(=O)N1CCCC1c1ncc(-c2ccc(-c3ccc(-c4cnc([C@@H]5CCCN5C(=O)[C@H](Cc5cccnc5)NC(=O)O)[nH]4)cc3)cc2)[nH]1)[C@@H](C)OC. The van der Waals surface area contributed by atoms with E-state index >= 15 is 0 Å². The zero-order chi connectivity index (χ0) is 40.8. The lowest BCUT2D eigenvalue weighted by molar-refractivity contribution is -0.137.